The van der Waals surface area contributed by atoms with Crippen molar-refractivity contribution < 1.29 is 9.90 Å². The maximum atomic E-state index is 10.9. The van der Waals surface area contributed by atoms with E-state index in [0.29, 0.717) is 24.7 Å². The van der Waals surface area contributed by atoms with E-state index >= 15 is 0 Å². The largest absolute Gasteiger partial charge is 0.465 e. The molecule has 104 valence electrons. The Hall–Kier alpha value is -1.46. The number of benzene rings is 1. The Morgan fingerprint density at radius 2 is 2.32 bits per heavy atom. The van der Waals surface area contributed by atoms with Crippen LogP contribution in [-0.4, -0.2) is 48.3 Å². The predicted octanol–water partition coefficient (Wildman–Crippen LogP) is 2.09. The summed E-state index contributed by atoms with van der Waals surface area (Å²) < 4.78 is 0. The van der Waals surface area contributed by atoms with Gasteiger partial charge >= 0.3 is 6.09 Å². The summed E-state index contributed by atoms with van der Waals surface area (Å²) in [5, 5.41) is 16.3. The first-order valence-corrected chi connectivity index (χ1v) is 6.74. The standard InChI is InChI=1S/C13H18ClN3O2/c14-11-3-1-2-4-12(11)16-6-5-10-9-17(13(18)19)8-7-15-10/h1-4,10,15-16H,5-9H2,(H,18,19)/t10-/m1/s1. The van der Waals surface area contributed by atoms with E-state index in [1.165, 1.54) is 4.90 Å². The number of hydrogen-bond acceptors (Lipinski definition) is 3. The number of nitrogens with one attached hydrogen (secondary N) is 2. The Balaban J connectivity index is 1.77. The third-order valence-electron chi connectivity index (χ3n) is 3.21. The first-order chi connectivity index (χ1) is 9.16. The van der Waals surface area contributed by atoms with Gasteiger partial charge in [0.2, 0.25) is 0 Å². The molecule has 1 aromatic rings. The minimum atomic E-state index is -0.842. The fourth-order valence-electron chi connectivity index (χ4n) is 2.18. The number of halogens is 1. The highest BCUT2D eigenvalue weighted by molar-refractivity contribution is 6.33. The van der Waals surface area contributed by atoms with Crippen LogP contribution in [0.3, 0.4) is 0 Å². The van der Waals surface area contributed by atoms with Gasteiger partial charge in [-0.3, -0.25) is 0 Å². The van der Waals surface area contributed by atoms with Crippen molar-refractivity contribution in [3.63, 3.8) is 0 Å². The van der Waals surface area contributed by atoms with Crippen LogP contribution in [0.25, 0.3) is 0 Å². The quantitative estimate of drug-likeness (QED) is 0.792. The number of piperazine rings is 1. The first kappa shape index (κ1) is 14.0. The summed E-state index contributed by atoms with van der Waals surface area (Å²) in [7, 11) is 0. The summed E-state index contributed by atoms with van der Waals surface area (Å²) in [6, 6.07) is 7.79. The van der Waals surface area contributed by atoms with E-state index in [1.54, 1.807) is 0 Å². The number of carbonyl (C=O) groups is 1. The zero-order valence-electron chi connectivity index (χ0n) is 10.6. The molecule has 1 aliphatic rings. The molecule has 0 radical (unpaired) electrons. The van der Waals surface area contributed by atoms with Crippen LogP contribution in [0.1, 0.15) is 6.42 Å². The van der Waals surface area contributed by atoms with E-state index in [0.717, 1.165) is 18.7 Å². The highest BCUT2D eigenvalue weighted by Gasteiger charge is 2.22. The van der Waals surface area contributed by atoms with Crippen molar-refractivity contribution in [2.24, 2.45) is 0 Å². The van der Waals surface area contributed by atoms with Gasteiger partial charge in [-0.05, 0) is 18.6 Å². The molecule has 0 unspecified atom stereocenters. The Labute approximate surface area is 117 Å². The second-order valence-corrected chi connectivity index (χ2v) is 4.98. The Morgan fingerprint density at radius 3 is 3.05 bits per heavy atom. The minimum absolute atomic E-state index is 0.194. The first-order valence-electron chi connectivity index (χ1n) is 6.36. The van der Waals surface area contributed by atoms with E-state index in [9.17, 15) is 4.79 Å². The Morgan fingerprint density at radius 1 is 1.53 bits per heavy atom. The molecule has 19 heavy (non-hydrogen) atoms. The summed E-state index contributed by atoms with van der Waals surface area (Å²) in [4.78, 5) is 12.4. The molecule has 1 atom stereocenters. The Kier molecular flexibility index (Phi) is 4.87. The van der Waals surface area contributed by atoms with E-state index in [-0.39, 0.29) is 6.04 Å². The van der Waals surface area contributed by atoms with Crippen LogP contribution in [0.5, 0.6) is 0 Å². The molecule has 1 fully saturated rings. The van der Waals surface area contributed by atoms with E-state index in [1.807, 2.05) is 24.3 Å². The number of para-hydroxylation sites is 1. The summed E-state index contributed by atoms with van der Waals surface area (Å²) in [5.41, 5.74) is 0.912. The molecule has 3 N–H and O–H groups in total. The fourth-order valence-corrected chi connectivity index (χ4v) is 2.38. The number of anilines is 1. The minimum Gasteiger partial charge on any atom is -0.465 e. The lowest BCUT2D eigenvalue weighted by atomic mass is 10.1. The van der Waals surface area contributed by atoms with Crippen molar-refractivity contribution in [2.45, 2.75) is 12.5 Å². The van der Waals surface area contributed by atoms with Crippen molar-refractivity contribution >= 4 is 23.4 Å². The smallest absolute Gasteiger partial charge is 0.407 e. The van der Waals surface area contributed by atoms with Crippen LogP contribution in [0, 0.1) is 0 Å². The molecular formula is C13H18ClN3O2. The predicted molar refractivity (Wildman–Crippen MR) is 75.9 cm³/mol. The average Bonchev–Trinajstić information content (AvgIpc) is 2.41. The van der Waals surface area contributed by atoms with Crippen LogP contribution in [0.2, 0.25) is 5.02 Å². The van der Waals surface area contributed by atoms with Gasteiger partial charge < -0.3 is 20.6 Å². The Bertz CT molecular complexity index is 442. The van der Waals surface area contributed by atoms with E-state index in [4.69, 9.17) is 16.7 Å². The summed E-state index contributed by atoms with van der Waals surface area (Å²) in [5.74, 6) is 0. The monoisotopic (exact) mass is 283 g/mol. The number of nitrogens with zero attached hydrogens (tertiary/aromatic N) is 1. The van der Waals surface area contributed by atoms with Gasteiger partial charge in [-0.25, -0.2) is 4.79 Å². The van der Waals surface area contributed by atoms with Crippen molar-refractivity contribution in [1.82, 2.24) is 10.2 Å². The molecule has 0 bridgehead atoms. The van der Waals surface area contributed by atoms with E-state index < -0.39 is 6.09 Å². The van der Waals surface area contributed by atoms with Crippen LogP contribution in [0.15, 0.2) is 24.3 Å². The maximum absolute atomic E-state index is 10.9. The second-order valence-electron chi connectivity index (χ2n) is 4.57. The lowest BCUT2D eigenvalue weighted by Gasteiger charge is -2.31. The number of hydrogen-bond donors (Lipinski definition) is 3. The summed E-state index contributed by atoms with van der Waals surface area (Å²) >= 11 is 6.05. The molecule has 2 rings (SSSR count). The van der Waals surface area contributed by atoms with Crippen LogP contribution in [0.4, 0.5) is 10.5 Å². The zero-order valence-corrected chi connectivity index (χ0v) is 11.4. The topological polar surface area (TPSA) is 64.6 Å². The van der Waals surface area contributed by atoms with Gasteiger partial charge in [0.05, 0.1) is 10.7 Å². The maximum Gasteiger partial charge on any atom is 0.407 e. The van der Waals surface area contributed by atoms with Crippen LogP contribution in [-0.2, 0) is 0 Å². The molecule has 5 nitrogen and oxygen atoms in total. The molecule has 1 saturated heterocycles. The van der Waals surface area contributed by atoms with Crippen molar-refractivity contribution in [2.75, 3.05) is 31.5 Å². The molecule has 6 heteroatoms. The van der Waals surface area contributed by atoms with Crippen molar-refractivity contribution in [3.8, 4) is 0 Å². The highest BCUT2D eigenvalue weighted by Crippen LogP contribution is 2.20. The molecular weight excluding hydrogens is 266 g/mol. The van der Waals surface area contributed by atoms with Gasteiger partial charge in [-0.1, -0.05) is 23.7 Å². The number of amides is 1. The van der Waals surface area contributed by atoms with Gasteiger partial charge in [-0.15, -0.1) is 0 Å². The molecule has 0 saturated carbocycles. The molecule has 0 spiro atoms. The normalized spacial score (nSPS) is 19.2. The van der Waals surface area contributed by atoms with Gasteiger partial charge in [0, 0.05) is 32.2 Å². The molecule has 0 aromatic heterocycles. The van der Waals surface area contributed by atoms with Gasteiger partial charge in [0.15, 0.2) is 0 Å². The molecule has 0 aliphatic carbocycles. The molecule has 1 aliphatic heterocycles. The van der Waals surface area contributed by atoms with E-state index in [2.05, 4.69) is 10.6 Å². The SMILES string of the molecule is O=C(O)N1CCN[C@H](CCNc2ccccc2Cl)C1. The van der Waals surface area contributed by atoms with Gasteiger partial charge in [0.1, 0.15) is 0 Å². The van der Waals surface area contributed by atoms with Crippen molar-refractivity contribution in [1.29, 1.82) is 0 Å². The zero-order chi connectivity index (χ0) is 13.7. The third kappa shape index (κ3) is 4.01. The molecule has 1 aromatic carbocycles. The van der Waals surface area contributed by atoms with Gasteiger partial charge in [0.25, 0.3) is 0 Å². The fraction of sp³-hybridized carbons (Fsp3) is 0.462. The van der Waals surface area contributed by atoms with Crippen LogP contribution < -0.4 is 10.6 Å². The second kappa shape index (κ2) is 6.63. The summed E-state index contributed by atoms with van der Waals surface area (Å²) in [6.45, 7) is 2.57. The van der Waals surface area contributed by atoms with Gasteiger partial charge in [-0.2, -0.15) is 0 Å². The average molecular weight is 284 g/mol. The molecule has 1 heterocycles. The summed E-state index contributed by atoms with van der Waals surface area (Å²) in [6.07, 6.45) is 0.0141. The molecule has 1 amide bonds. The lowest BCUT2D eigenvalue weighted by molar-refractivity contribution is 0.128. The highest BCUT2D eigenvalue weighted by atomic mass is 35.5. The third-order valence-corrected chi connectivity index (χ3v) is 3.54. The van der Waals surface area contributed by atoms with Crippen LogP contribution >= 0.6 is 11.6 Å². The lowest BCUT2D eigenvalue weighted by Crippen LogP contribution is -2.52. The number of rotatable bonds is 4. The number of carboxylic acid groups (broad SMARTS) is 1. The van der Waals surface area contributed by atoms with Crippen molar-refractivity contribution in [3.05, 3.63) is 29.3 Å².